The van der Waals surface area contributed by atoms with Crippen LogP contribution in [0.15, 0.2) is 54.3 Å². The van der Waals surface area contributed by atoms with Crippen LogP contribution in [0.1, 0.15) is 25.8 Å². The molecule has 7 nitrogen and oxygen atoms in total. The van der Waals surface area contributed by atoms with Crippen LogP contribution < -0.4 is 5.32 Å². The van der Waals surface area contributed by atoms with Crippen LogP contribution >= 0.6 is 0 Å². The molecule has 0 bridgehead atoms. The number of ether oxygens (including phenoxy) is 2. The molecule has 1 saturated heterocycles. The number of amides is 1. The maximum atomic E-state index is 13.1. The van der Waals surface area contributed by atoms with Gasteiger partial charge in [0.15, 0.2) is 0 Å². The van der Waals surface area contributed by atoms with Crippen molar-refractivity contribution in [3.63, 3.8) is 0 Å². The minimum absolute atomic E-state index is 0.0453. The summed E-state index contributed by atoms with van der Waals surface area (Å²) in [4.78, 5) is 39.6. The van der Waals surface area contributed by atoms with Crippen molar-refractivity contribution in [1.29, 1.82) is 0 Å². The molecule has 28 heavy (non-hydrogen) atoms. The molecule has 1 aromatic carbocycles. The molecule has 1 aliphatic rings. The second kappa shape index (κ2) is 8.84. The Kier molecular flexibility index (Phi) is 6.75. The lowest BCUT2D eigenvalue weighted by atomic mass is 9.76. The first-order chi connectivity index (χ1) is 13.3. The number of likely N-dealkylation sites (N-methyl/N-ethyl adjacent to an activating group) is 1. The molecular formula is C21H26N2O5. The van der Waals surface area contributed by atoms with E-state index in [-0.39, 0.29) is 12.3 Å². The van der Waals surface area contributed by atoms with Gasteiger partial charge in [-0.3, -0.25) is 15.0 Å². The summed E-state index contributed by atoms with van der Waals surface area (Å²) in [5.74, 6) is -1.88. The Bertz CT molecular complexity index is 798. The van der Waals surface area contributed by atoms with Crippen molar-refractivity contribution < 1.29 is 23.9 Å². The van der Waals surface area contributed by atoms with Gasteiger partial charge < -0.3 is 9.47 Å². The van der Waals surface area contributed by atoms with Gasteiger partial charge in [-0.25, -0.2) is 9.59 Å². The standard InChI is InChI=1S/C21H26N2O5/c1-6-10-16-21(22-4,20(26)28-13-15-11-8-7-9-12-15)19(25)23(16)17(14(2)3)18(24)27-5/h6-9,11-12,16,22H,1,10,13H2,2-5H3/t16-,21-/m1/s1. The number of hydrogen-bond donors (Lipinski definition) is 1. The number of carbonyl (C=O) groups is 3. The number of esters is 2. The van der Waals surface area contributed by atoms with Crippen molar-refractivity contribution in [2.75, 3.05) is 14.2 Å². The Morgan fingerprint density at radius 2 is 1.93 bits per heavy atom. The first-order valence-electron chi connectivity index (χ1n) is 8.95. The second-order valence-corrected chi connectivity index (χ2v) is 6.68. The van der Waals surface area contributed by atoms with Crippen LogP contribution in [0.2, 0.25) is 0 Å². The molecule has 1 heterocycles. The molecule has 150 valence electrons. The number of likely N-dealkylation sites (tertiary alicyclic amines) is 1. The lowest BCUT2D eigenvalue weighted by Crippen LogP contribution is -2.82. The third-order valence-corrected chi connectivity index (χ3v) is 4.78. The molecular weight excluding hydrogens is 360 g/mol. The molecule has 0 spiro atoms. The predicted octanol–water partition coefficient (Wildman–Crippen LogP) is 1.94. The van der Waals surface area contributed by atoms with Crippen LogP contribution in [0.25, 0.3) is 0 Å². The first-order valence-corrected chi connectivity index (χ1v) is 8.95. The molecule has 7 heteroatoms. The highest BCUT2D eigenvalue weighted by Gasteiger charge is 2.67. The van der Waals surface area contributed by atoms with Gasteiger partial charge >= 0.3 is 11.9 Å². The molecule has 0 aliphatic carbocycles. The van der Waals surface area contributed by atoms with Crippen LogP contribution in [0.4, 0.5) is 0 Å². The van der Waals surface area contributed by atoms with E-state index in [0.717, 1.165) is 5.56 Å². The minimum atomic E-state index is -1.59. The number of carbonyl (C=O) groups excluding carboxylic acids is 3. The fourth-order valence-electron chi connectivity index (χ4n) is 3.37. The van der Waals surface area contributed by atoms with Gasteiger partial charge in [0.1, 0.15) is 12.3 Å². The quantitative estimate of drug-likeness (QED) is 0.242. The first kappa shape index (κ1) is 21.4. The second-order valence-electron chi connectivity index (χ2n) is 6.68. The average Bonchev–Trinajstić information content (AvgIpc) is 2.70. The summed E-state index contributed by atoms with van der Waals surface area (Å²) in [6, 6.07) is 8.54. The van der Waals surface area contributed by atoms with Gasteiger partial charge in [-0.15, -0.1) is 6.58 Å². The highest BCUT2D eigenvalue weighted by molar-refractivity contribution is 6.16. The maximum Gasteiger partial charge on any atom is 0.354 e. The van der Waals surface area contributed by atoms with E-state index in [2.05, 4.69) is 11.9 Å². The summed E-state index contributed by atoms with van der Waals surface area (Å²) >= 11 is 0. The lowest BCUT2D eigenvalue weighted by molar-refractivity contribution is -0.180. The van der Waals surface area contributed by atoms with Crippen molar-refractivity contribution in [2.24, 2.45) is 0 Å². The van der Waals surface area contributed by atoms with E-state index in [1.807, 2.05) is 30.3 Å². The average molecular weight is 386 g/mol. The van der Waals surface area contributed by atoms with Crippen LogP contribution in [0.5, 0.6) is 0 Å². The molecule has 1 aromatic rings. The van der Waals surface area contributed by atoms with Crippen molar-refractivity contribution in [1.82, 2.24) is 10.2 Å². The van der Waals surface area contributed by atoms with Crippen molar-refractivity contribution in [3.8, 4) is 0 Å². The SMILES string of the molecule is C=CC[C@H]1N(C(C(=O)OC)=C(C)C)C(=O)[C@@]1(NC)C(=O)OCc1ccccc1. The van der Waals surface area contributed by atoms with E-state index in [0.29, 0.717) is 12.0 Å². The Morgan fingerprint density at radius 3 is 2.43 bits per heavy atom. The van der Waals surface area contributed by atoms with Gasteiger partial charge in [-0.2, -0.15) is 0 Å². The van der Waals surface area contributed by atoms with E-state index >= 15 is 0 Å². The number of β-lactam (4-membered cyclic amide) rings is 1. The van der Waals surface area contributed by atoms with Crippen LogP contribution in [-0.4, -0.2) is 48.5 Å². The number of hydrogen-bond acceptors (Lipinski definition) is 6. The molecule has 2 rings (SSSR count). The van der Waals surface area contributed by atoms with Gasteiger partial charge in [0.05, 0.1) is 13.2 Å². The third-order valence-electron chi connectivity index (χ3n) is 4.78. The van der Waals surface area contributed by atoms with Gasteiger partial charge in [0.25, 0.3) is 5.91 Å². The number of nitrogens with one attached hydrogen (secondary N) is 1. The zero-order chi connectivity index (χ0) is 20.9. The summed E-state index contributed by atoms with van der Waals surface area (Å²) in [6.45, 7) is 7.17. The largest absolute Gasteiger partial charge is 0.464 e. The molecule has 0 unspecified atom stereocenters. The summed E-state index contributed by atoms with van der Waals surface area (Å²) in [5, 5.41) is 2.83. The number of benzene rings is 1. The van der Waals surface area contributed by atoms with Crippen LogP contribution in [-0.2, 0) is 30.5 Å². The lowest BCUT2D eigenvalue weighted by Gasteiger charge is -2.53. The molecule has 2 atom stereocenters. The highest BCUT2D eigenvalue weighted by atomic mass is 16.5. The molecule has 0 aromatic heterocycles. The monoisotopic (exact) mass is 386 g/mol. The van der Waals surface area contributed by atoms with Crippen molar-refractivity contribution in [2.45, 2.75) is 38.5 Å². The molecule has 1 N–H and O–H groups in total. The van der Waals surface area contributed by atoms with E-state index in [1.54, 1.807) is 19.9 Å². The fraction of sp³-hybridized carbons (Fsp3) is 0.381. The highest BCUT2D eigenvalue weighted by Crippen LogP contribution is 2.39. The fourth-order valence-corrected chi connectivity index (χ4v) is 3.37. The van der Waals surface area contributed by atoms with E-state index in [4.69, 9.17) is 9.47 Å². The summed E-state index contributed by atoms with van der Waals surface area (Å²) < 4.78 is 10.3. The maximum absolute atomic E-state index is 13.1. The summed E-state index contributed by atoms with van der Waals surface area (Å²) in [5.41, 5.74) is -0.0409. The number of allylic oxidation sites excluding steroid dienone is 1. The number of nitrogens with zero attached hydrogens (tertiary/aromatic N) is 1. The van der Waals surface area contributed by atoms with Crippen LogP contribution in [0.3, 0.4) is 0 Å². The van der Waals surface area contributed by atoms with E-state index in [1.165, 1.54) is 19.1 Å². The number of methoxy groups -OCH3 is 1. The molecule has 1 fully saturated rings. The Hall–Kier alpha value is -2.93. The topological polar surface area (TPSA) is 84.9 Å². The summed E-state index contributed by atoms with van der Waals surface area (Å²) in [7, 11) is 2.77. The normalized spacial score (nSPS) is 20.8. The van der Waals surface area contributed by atoms with Gasteiger partial charge in [-0.05, 0) is 38.5 Å². The van der Waals surface area contributed by atoms with Crippen molar-refractivity contribution in [3.05, 3.63) is 59.8 Å². The molecule has 0 saturated carbocycles. The van der Waals surface area contributed by atoms with Crippen molar-refractivity contribution >= 4 is 17.8 Å². The zero-order valence-electron chi connectivity index (χ0n) is 16.7. The minimum Gasteiger partial charge on any atom is -0.464 e. The summed E-state index contributed by atoms with van der Waals surface area (Å²) in [6.07, 6.45) is 1.89. The Labute approximate surface area is 165 Å². The molecule has 1 aliphatic heterocycles. The van der Waals surface area contributed by atoms with Gasteiger partial charge in [0.2, 0.25) is 5.54 Å². The zero-order valence-corrected chi connectivity index (χ0v) is 16.7. The van der Waals surface area contributed by atoms with Gasteiger partial charge in [0, 0.05) is 0 Å². The van der Waals surface area contributed by atoms with E-state index < -0.39 is 29.4 Å². The predicted molar refractivity (Wildman–Crippen MR) is 104 cm³/mol. The van der Waals surface area contributed by atoms with Crippen LogP contribution in [0, 0.1) is 0 Å². The smallest absolute Gasteiger partial charge is 0.354 e. The Morgan fingerprint density at radius 1 is 1.29 bits per heavy atom. The third kappa shape index (κ3) is 3.57. The molecule has 0 radical (unpaired) electrons. The Balaban J connectivity index is 2.33. The van der Waals surface area contributed by atoms with Gasteiger partial charge in [-0.1, -0.05) is 36.4 Å². The van der Waals surface area contributed by atoms with E-state index in [9.17, 15) is 14.4 Å². The number of rotatable bonds is 8. The molecule has 1 amide bonds.